The van der Waals surface area contributed by atoms with Crippen molar-refractivity contribution in [1.29, 1.82) is 0 Å². The number of aliphatic carboxylic acids is 1. The molecule has 0 radical (unpaired) electrons. The van der Waals surface area contributed by atoms with Crippen molar-refractivity contribution >= 4 is 23.7 Å². The van der Waals surface area contributed by atoms with Gasteiger partial charge in [-0.25, -0.2) is 4.79 Å². The molecule has 0 aliphatic carbocycles. The Morgan fingerprint density at radius 2 is 1.55 bits per heavy atom. The van der Waals surface area contributed by atoms with Gasteiger partial charge in [0, 0.05) is 5.56 Å². The molecule has 0 aliphatic rings. The summed E-state index contributed by atoms with van der Waals surface area (Å²) in [4.78, 5) is 48.6. The van der Waals surface area contributed by atoms with E-state index in [4.69, 9.17) is 0 Å². The van der Waals surface area contributed by atoms with E-state index in [2.05, 4.69) is 16.0 Å². The van der Waals surface area contributed by atoms with E-state index >= 15 is 0 Å². The van der Waals surface area contributed by atoms with E-state index in [0.717, 1.165) is 6.42 Å². The maximum Gasteiger partial charge on any atom is 0.326 e. The zero-order valence-electron chi connectivity index (χ0n) is 17.4. The van der Waals surface area contributed by atoms with Crippen molar-refractivity contribution in [1.82, 2.24) is 16.0 Å². The zero-order chi connectivity index (χ0) is 22.0. The van der Waals surface area contributed by atoms with Crippen LogP contribution in [-0.2, 0) is 14.4 Å². The fourth-order valence-corrected chi connectivity index (χ4v) is 2.68. The molecule has 0 unspecified atom stereocenters. The van der Waals surface area contributed by atoms with Crippen LogP contribution in [0, 0.1) is 5.92 Å². The molecule has 160 valence electrons. The summed E-state index contributed by atoms with van der Waals surface area (Å²) in [6, 6.07) is 5.74. The van der Waals surface area contributed by atoms with E-state index in [1.165, 1.54) is 6.92 Å². The Labute approximate surface area is 171 Å². The molecule has 0 fully saturated rings. The Morgan fingerprint density at radius 1 is 0.931 bits per heavy atom. The number of hydrogen-bond acceptors (Lipinski definition) is 4. The normalized spacial score (nSPS) is 13.8. The molecule has 0 bridgehead atoms. The first kappa shape index (κ1) is 24.1. The predicted octanol–water partition coefficient (Wildman–Crippen LogP) is 1.71. The Morgan fingerprint density at radius 3 is 2.07 bits per heavy atom. The minimum atomic E-state index is -1.11. The number of carboxylic acids is 1. The molecule has 3 amide bonds. The third-order valence-corrected chi connectivity index (χ3v) is 4.48. The van der Waals surface area contributed by atoms with Crippen LogP contribution in [0.5, 0.6) is 0 Å². The van der Waals surface area contributed by atoms with Crippen LogP contribution in [0.15, 0.2) is 30.3 Å². The van der Waals surface area contributed by atoms with Gasteiger partial charge in [0.25, 0.3) is 5.91 Å². The van der Waals surface area contributed by atoms with Crippen LogP contribution < -0.4 is 16.0 Å². The predicted molar refractivity (Wildman–Crippen MR) is 109 cm³/mol. The van der Waals surface area contributed by atoms with Gasteiger partial charge >= 0.3 is 5.97 Å². The number of rotatable bonds is 11. The highest BCUT2D eigenvalue weighted by Gasteiger charge is 2.28. The number of benzene rings is 1. The van der Waals surface area contributed by atoms with Gasteiger partial charge in [-0.3, -0.25) is 14.4 Å². The molecular weight excluding hydrogens is 374 g/mol. The van der Waals surface area contributed by atoms with Gasteiger partial charge in [0.15, 0.2) is 0 Å². The molecule has 0 heterocycles. The minimum absolute atomic E-state index is 0.214. The average molecular weight is 405 g/mol. The van der Waals surface area contributed by atoms with Crippen LogP contribution in [0.1, 0.15) is 57.3 Å². The van der Waals surface area contributed by atoms with Gasteiger partial charge < -0.3 is 21.1 Å². The molecule has 0 aromatic heterocycles. The van der Waals surface area contributed by atoms with Gasteiger partial charge in [-0.05, 0) is 31.4 Å². The van der Waals surface area contributed by atoms with E-state index in [1.807, 2.05) is 6.92 Å². The number of nitrogens with one attached hydrogen (secondary N) is 3. The van der Waals surface area contributed by atoms with Crippen LogP contribution in [0.3, 0.4) is 0 Å². The number of carbonyl (C=O) groups excluding carboxylic acids is 3. The lowest BCUT2D eigenvalue weighted by atomic mass is 10.0. The largest absolute Gasteiger partial charge is 0.480 e. The summed E-state index contributed by atoms with van der Waals surface area (Å²) in [6.45, 7) is 6.97. The molecule has 0 saturated heterocycles. The number of carbonyl (C=O) groups is 4. The van der Waals surface area contributed by atoms with Crippen LogP contribution in [0.4, 0.5) is 0 Å². The van der Waals surface area contributed by atoms with E-state index in [-0.39, 0.29) is 11.8 Å². The molecule has 0 spiro atoms. The Bertz CT molecular complexity index is 706. The quantitative estimate of drug-likeness (QED) is 0.446. The molecule has 0 saturated carbocycles. The number of carboxylic acid groups (broad SMARTS) is 1. The van der Waals surface area contributed by atoms with E-state index < -0.39 is 35.9 Å². The molecule has 29 heavy (non-hydrogen) atoms. The first-order valence-corrected chi connectivity index (χ1v) is 9.86. The molecular formula is C21H31N3O5. The van der Waals surface area contributed by atoms with Crippen LogP contribution >= 0.6 is 0 Å². The number of amides is 3. The second-order valence-corrected chi connectivity index (χ2v) is 7.33. The second-order valence-electron chi connectivity index (χ2n) is 7.33. The first-order valence-electron chi connectivity index (χ1n) is 9.86. The SMILES string of the molecule is CCCC[C@H](NC(=O)[C@H](C)NC(=O)[C@@H](NC(=O)c1ccccc1)C(C)C)C(=O)O. The van der Waals surface area contributed by atoms with Crippen LogP contribution in [0.2, 0.25) is 0 Å². The Hall–Kier alpha value is -2.90. The fraction of sp³-hybridized carbons (Fsp3) is 0.524. The second kappa shape index (κ2) is 11.8. The molecule has 8 heteroatoms. The lowest BCUT2D eigenvalue weighted by Crippen LogP contribution is -2.56. The zero-order valence-corrected chi connectivity index (χ0v) is 17.4. The maximum atomic E-state index is 12.6. The molecule has 0 aliphatic heterocycles. The summed E-state index contributed by atoms with van der Waals surface area (Å²) in [7, 11) is 0. The topological polar surface area (TPSA) is 125 Å². The van der Waals surface area contributed by atoms with Crippen molar-refractivity contribution in [3.05, 3.63) is 35.9 Å². The summed E-state index contributed by atoms with van der Waals surface area (Å²) >= 11 is 0. The summed E-state index contributed by atoms with van der Waals surface area (Å²) in [5.74, 6) is -2.80. The third-order valence-electron chi connectivity index (χ3n) is 4.48. The Balaban J connectivity index is 2.72. The van der Waals surface area contributed by atoms with Crippen molar-refractivity contribution in [3.63, 3.8) is 0 Å². The van der Waals surface area contributed by atoms with Crippen molar-refractivity contribution in [2.75, 3.05) is 0 Å². The standard InChI is InChI=1S/C21H31N3O5/c1-5-6-12-16(21(28)29)23-18(25)14(4)22-20(27)17(13(2)3)24-19(26)15-10-8-7-9-11-15/h7-11,13-14,16-17H,5-6,12H2,1-4H3,(H,22,27)(H,23,25)(H,24,26)(H,28,29)/t14-,16-,17-/m0/s1. The van der Waals surface area contributed by atoms with E-state index in [9.17, 15) is 24.3 Å². The summed E-state index contributed by atoms with van der Waals surface area (Å²) in [5.41, 5.74) is 0.428. The minimum Gasteiger partial charge on any atom is -0.480 e. The van der Waals surface area contributed by atoms with Gasteiger partial charge in [0.2, 0.25) is 11.8 Å². The van der Waals surface area contributed by atoms with Gasteiger partial charge in [-0.2, -0.15) is 0 Å². The monoisotopic (exact) mass is 405 g/mol. The molecule has 4 N–H and O–H groups in total. The van der Waals surface area contributed by atoms with Gasteiger partial charge in [-0.1, -0.05) is 51.8 Å². The molecule has 1 aromatic carbocycles. The van der Waals surface area contributed by atoms with Gasteiger partial charge in [-0.15, -0.1) is 0 Å². The summed E-state index contributed by atoms with van der Waals surface area (Å²) in [5, 5.41) is 16.9. The van der Waals surface area contributed by atoms with Crippen molar-refractivity contribution < 1.29 is 24.3 Å². The highest BCUT2D eigenvalue weighted by Crippen LogP contribution is 2.06. The first-order chi connectivity index (χ1) is 13.7. The van der Waals surface area contributed by atoms with E-state index in [0.29, 0.717) is 18.4 Å². The van der Waals surface area contributed by atoms with E-state index in [1.54, 1.807) is 44.2 Å². The highest BCUT2D eigenvalue weighted by molar-refractivity contribution is 5.98. The maximum absolute atomic E-state index is 12.6. The third kappa shape index (κ3) is 7.93. The summed E-state index contributed by atoms with van der Waals surface area (Å²) in [6.07, 6.45) is 1.79. The fourth-order valence-electron chi connectivity index (χ4n) is 2.68. The lowest BCUT2D eigenvalue weighted by molar-refractivity contribution is -0.142. The molecule has 3 atom stereocenters. The smallest absolute Gasteiger partial charge is 0.326 e. The molecule has 8 nitrogen and oxygen atoms in total. The molecule has 1 rings (SSSR count). The average Bonchev–Trinajstić information content (AvgIpc) is 2.68. The van der Waals surface area contributed by atoms with Crippen molar-refractivity contribution in [3.8, 4) is 0 Å². The van der Waals surface area contributed by atoms with Gasteiger partial charge in [0.05, 0.1) is 0 Å². The van der Waals surface area contributed by atoms with Crippen molar-refractivity contribution in [2.45, 2.75) is 65.1 Å². The highest BCUT2D eigenvalue weighted by atomic mass is 16.4. The molecule has 1 aromatic rings. The lowest BCUT2D eigenvalue weighted by Gasteiger charge is -2.24. The van der Waals surface area contributed by atoms with Crippen LogP contribution in [-0.4, -0.2) is 46.9 Å². The number of unbranched alkanes of at least 4 members (excludes halogenated alkanes) is 1. The number of hydrogen-bond donors (Lipinski definition) is 4. The Kier molecular flexibility index (Phi) is 9.85. The van der Waals surface area contributed by atoms with Gasteiger partial charge in [0.1, 0.15) is 18.1 Å². The van der Waals surface area contributed by atoms with Crippen LogP contribution in [0.25, 0.3) is 0 Å². The summed E-state index contributed by atoms with van der Waals surface area (Å²) < 4.78 is 0. The van der Waals surface area contributed by atoms with Crippen molar-refractivity contribution in [2.24, 2.45) is 5.92 Å².